The molecule has 0 aromatic heterocycles. The predicted molar refractivity (Wildman–Crippen MR) is 73.2 cm³/mol. The van der Waals surface area contributed by atoms with Crippen molar-refractivity contribution in [3.05, 3.63) is 35.4 Å². The summed E-state index contributed by atoms with van der Waals surface area (Å²) in [5.74, 6) is -0.709. The average molecular weight is 303 g/mol. The minimum atomic E-state index is -4.61. The van der Waals surface area contributed by atoms with E-state index in [1.807, 2.05) is 0 Å². The molecule has 0 spiro atoms. The average Bonchev–Trinajstić information content (AvgIpc) is 2.23. The van der Waals surface area contributed by atoms with Crippen LogP contribution in [0, 0.1) is 0 Å². The van der Waals surface area contributed by atoms with Crippen molar-refractivity contribution in [2.45, 2.75) is 38.7 Å². The van der Waals surface area contributed by atoms with Crippen LogP contribution in [0.25, 0.3) is 0 Å². The first-order valence-electron chi connectivity index (χ1n) is 6.03. The molecule has 0 unspecified atom stereocenters. The number of carbonyl (C=O) groups is 1. The van der Waals surface area contributed by atoms with Crippen LogP contribution < -0.4 is 5.32 Å². The third-order valence-electron chi connectivity index (χ3n) is 2.27. The highest BCUT2D eigenvalue weighted by Gasteiger charge is 2.17. The largest absolute Gasteiger partial charge is 0.444 e. The number of hydrogen-bond donors (Lipinski definition) is 1. The molecule has 0 aliphatic heterocycles. The Kier molecular flexibility index (Phi) is 5.10. The highest BCUT2D eigenvalue weighted by atomic mass is 32.3. The first-order valence-corrected chi connectivity index (χ1v) is 7.58. The lowest BCUT2D eigenvalue weighted by Gasteiger charge is -2.20. The highest BCUT2D eigenvalue weighted by molar-refractivity contribution is 7.85. The molecule has 0 heterocycles. The molecule has 1 aromatic carbocycles. The number of alkyl carbamates (subject to hydrolysis) is 1. The molecule has 1 rings (SSSR count). The van der Waals surface area contributed by atoms with Gasteiger partial charge in [-0.1, -0.05) is 24.3 Å². The van der Waals surface area contributed by atoms with Crippen LogP contribution in [0.15, 0.2) is 24.3 Å². The summed E-state index contributed by atoms with van der Waals surface area (Å²) >= 11 is 0. The fraction of sp³-hybridized carbons (Fsp3) is 0.462. The molecule has 0 saturated heterocycles. The quantitative estimate of drug-likeness (QED) is 0.867. The summed E-state index contributed by atoms with van der Waals surface area (Å²) in [6, 6.07) is 6.42. The molecule has 7 heteroatoms. The Balaban J connectivity index is 2.71. The maximum Gasteiger partial charge on any atom is 0.407 e. The van der Waals surface area contributed by atoms with E-state index in [0.717, 1.165) is 0 Å². The number of hydrogen-bond acceptors (Lipinski definition) is 4. The Bertz CT molecular complexity index is 578. The van der Waals surface area contributed by atoms with Gasteiger partial charge in [-0.15, -0.1) is 3.89 Å². The number of amides is 1. The van der Waals surface area contributed by atoms with Gasteiger partial charge in [0.2, 0.25) is 0 Å². The first-order chi connectivity index (χ1) is 9.07. The molecule has 0 radical (unpaired) electrons. The van der Waals surface area contributed by atoms with E-state index in [4.69, 9.17) is 4.74 Å². The van der Waals surface area contributed by atoms with Crippen LogP contribution in [0.4, 0.5) is 8.68 Å². The highest BCUT2D eigenvalue weighted by Crippen LogP contribution is 2.14. The van der Waals surface area contributed by atoms with Gasteiger partial charge in [-0.2, -0.15) is 8.42 Å². The number of halogens is 1. The molecule has 0 aliphatic rings. The first kappa shape index (κ1) is 16.4. The maximum absolute atomic E-state index is 12.7. The van der Waals surface area contributed by atoms with E-state index in [2.05, 4.69) is 5.32 Å². The summed E-state index contributed by atoms with van der Waals surface area (Å²) in [7, 11) is -4.61. The number of carbonyl (C=O) groups excluding carboxylic acids is 1. The van der Waals surface area contributed by atoms with Gasteiger partial charge < -0.3 is 10.1 Å². The summed E-state index contributed by atoms with van der Waals surface area (Å²) < 4.78 is 39.2. The van der Waals surface area contributed by atoms with Crippen LogP contribution in [0.3, 0.4) is 0 Å². The van der Waals surface area contributed by atoms with Gasteiger partial charge >= 0.3 is 16.3 Å². The third-order valence-corrected chi connectivity index (χ3v) is 2.92. The number of benzene rings is 1. The molecule has 1 amide bonds. The van der Waals surface area contributed by atoms with Gasteiger partial charge in [0.25, 0.3) is 0 Å². The summed E-state index contributed by atoms with van der Waals surface area (Å²) in [5, 5.41) is 2.50. The summed E-state index contributed by atoms with van der Waals surface area (Å²) in [6.45, 7) is 5.27. The van der Waals surface area contributed by atoms with Crippen molar-refractivity contribution in [1.82, 2.24) is 5.32 Å². The molecular formula is C13H18FNO4S. The predicted octanol–water partition coefficient (Wildman–Crippen LogP) is 2.51. The molecular weight excluding hydrogens is 285 g/mol. The molecule has 1 N–H and O–H groups in total. The van der Waals surface area contributed by atoms with E-state index in [1.54, 1.807) is 39.0 Å². The Hall–Kier alpha value is -1.63. The lowest BCUT2D eigenvalue weighted by Crippen LogP contribution is -2.32. The van der Waals surface area contributed by atoms with Crippen molar-refractivity contribution < 1.29 is 21.8 Å². The van der Waals surface area contributed by atoms with E-state index in [9.17, 15) is 17.1 Å². The van der Waals surface area contributed by atoms with Gasteiger partial charge in [-0.3, -0.25) is 0 Å². The van der Waals surface area contributed by atoms with Gasteiger partial charge in [0.15, 0.2) is 0 Å². The monoisotopic (exact) mass is 303 g/mol. The zero-order valence-electron chi connectivity index (χ0n) is 11.6. The minimum absolute atomic E-state index is 0.0700. The second kappa shape index (κ2) is 6.21. The van der Waals surface area contributed by atoms with Crippen molar-refractivity contribution >= 4 is 16.3 Å². The summed E-state index contributed by atoms with van der Waals surface area (Å²) in [4.78, 5) is 11.5. The van der Waals surface area contributed by atoms with Crippen LogP contribution in [-0.2, 0) is 27.3 Å². The van der Waals surface area contributed by atoms with Gasteiger partial charge in [0.05, 0.1) is 0 Å². The molecule has 0 saturated carbocycles. The fourth-order valence-corrected chi connectivity index (χ4v) is 2.19. The van der Waals surface area contributed by atoms with Gasteiger partial charge in [-0.05, 0) is 31.9 Å². The van der Waals surface area contributed by atoms with Crippen LogP contribution in [0.5, 0.6) is 0 Å². The van der Waals surface area contributed by atoms with E-state index in [-0.39, 0.29) is 6.54 Å². The Morgan fingerprint density at radius 1 is 1.25 bits per heavy atom. The number of ether oxygens (including phenoxy) is 1. The smallest absolute Gasteiger partial charge is 0.407 e. The standard InChI is InChI=1S/C13H18FNO4S/c1-13(2,3)19-12(16)15-8-10-6-4-5-7-11(10)9-20(14,17)18/h4-7H,8-9H2,1-3H3,(H,15,16). The van der Waals surface area contributed by atoms with Gasteiger partial charge in [0.1, 0.15) is 11.4 Å². The van der Waals surface area contributed by atoms with Crippen molar-refractivity contribution in [2.24, 2.45) is 0 Å². The fourth-order valence-electron chi connectivity index (χ4n) is 1.54. The lowest BCUT2D eigenvalue weighted by molar-refractivity contribution is 0.0523. The topological polar surface area (TPSA) is 72.5 Å². The SMILES string of the molecule is CC(C)(C)OC(=O)NCc1ccccc1CS(=O)(=O)F. The molecule has 0 fully saturated rings. The lowest BCUT2D eigenvalue weighted by atomic mass is 10.1. The third kappa shape index (κ3) is 6.51. The van der Waals surface area contributed by atoms with Crippen LogP contribution in [-0.4, -0.2) is 20.1 Å². The number of rotatable bonds is 4. The maximum atomic E-state index is 12.7. The normalized spacial score (nSPS) is 12.0. The molecule has 5 nitrogen and oxygen atoms in total. The van der Waals surface area contributed by atoms with E-state index in [1.165, 1.54) is 6.07 Å². The van der Waals surface area contributed by atoms with Crippen LogP contribution in [0.1, 0.15) is 31.9 Å². The van der Waals surface area contributed by atoms with Crippen LogP contribution in [0.2, 0.25) is 0 Å². The van der Waals surface area contributed by atoms with Crippen molar-refractivity contribution in [1.29, 1.82) is 0 Å². The molecule has 0 atom stereocenters. The van der Waals surface area contributed by atoms with Gasteiger partial charge in [0, 0.05) is 6.54 Å². The summed E-state index contributed by atoms with van der Waals surface area (Å²) in [6.07, 6.45) is -0.615. The van der Waals surface area contributed by atoms with E-state index >= 15 is 0 Å². The molecule has 112 valence electrons. The Morgan fingerprint density at radius 3 is 2.30 bits per heavy atom. The van der Waals surface area contributed by atoms with Gasteiger partial charge in [-0.25, -0.2) is 4.79 Å². The molecule has 1 aromatic rings. The van der Waals surface area contributed by atoms with E-state index < -0.39 is 27.7 Å². The second-order valence-electron chi connectivity index (χ2n) is 5.31. The van der Waals surface area contributed by atoms with Crippen molar-refractivity contribution in [3.8, 4) is 0 Å². The minimum Gasteiger partial charge on any atom is -0.444 e. The van der Waals surface area contributed by atoms with E-state index in [0.29, 0.717) is 11.1 Å². The van der Waals surface area contributed by atoms with Crippen molar-refractivity contribution in [3.63, 3.8) is 0 Å². The Labute approximate surface area is 118 Å². The van der Waals surface area contributed by atoms with Crippen molar-refractivity contribution in [2.75, 3.05) is 0 Å². The number of nitrogens with one attached hydrogen (secondary N) is 1. The zero-order chi connectivity index (χ0) is 15.4. The molecule has 20 heavy (non-hydrogen) atoms. The second-order valence-corrected chi connectivity index (χ2v) is 6.67. The zero-order valence-corrected chi connectivity index (χ0v) is 12.5. The van der Waals surface area contributed by atoms with Crippen LogP contribution >= 0.6 is 0 Å². The summed E-state index contributed by atoms with van der Waals surface area (Å²) in [5.41, 5.74) is 0.219. The Morgan fingerprint density at radius 2 is 1.80 bits per heavy atom. The molecule has 0 bridgehead atoms. The molecule has 0 aliphatic carbocycles.